The number of phenolic OH excluding ortho intramolecular Hbond substituents is 4. The lowest BCUT2D eigenvalue weighted by molar-refractivity contribution is 0.0333. The van der Waals surface area contributed by atoms with Crippen molar-refractivity contribution in [3.05, 3.63) is 40.6 Å². The Hall–Kier alpha value is -3.35. The summed E-state index contributed by atoms with van der Waals surface area (Å²) in [5.41, 5.74) is -0.223. The average Bonchev–Trinajstić information content (AvgIpc) is 3.21. The summed E-state index contributed by atoms with van der Waals surface area (Å²) in [6, 6.07) is 6.38. The Morgan fingerprint density at radius 2 is 1.61 bits per heavy atom. The minimum atomic E-state index is -0.550. The van der Waals surface area contributed by atoms with Gasteiger partial charge in [0, 0.05) is 17.7 Å². The third-order valence-corrected chi connectivity index (χ3v) is 6.64. The maximum Gasteiger partial charge on any atom is 0.239 e. The van der Waals surface area contributed by atoms with Crippen LogP contribution < -0.4 is 10.2 Å². The lowest BCUT2D eigenvalue weighted by atomic mass is 9.73. The fourth-order valence-corrected chi connectivity index (χ4v) is 4.91. The van der Waals surface area contributed by atoms with Gasteiger partial charge in [0.2, 0.25) is 11.2 Å². The SMILES string of the molecule is O=c1c(OC2CC(C3CCCC3)C2)c(-c2ccc(O)c(O)c2)oc2cc(O)cc(O)c12. The molecule has 2 saturated carbocycles. The first kappa shape index (κ1) is 19.6. The van der Waals surface area contributed by atoms with Gasteiger partial charge < -0.3 is 29.6 Å². The molecule has 2 fully saturated rings. The monoisotopic (exact) mass is 424 g/mol. The van der Waals surface area contributed by atoms with E-state index in [0.717, 1.165) is 24.8 Å². The topological polar surface area (TPSA) is 120 Å². The van der Waals surface area contributed by atoms with E-state index in [2.05, 4.69) is 0 Å². The number of aromatic hydroxyl groups is 4. The molecule has 3 aromatic rings. The number of phenols is 4. The number of fused-ring (bicyclic) bond motifs is 1. The summed E-state index contributed by atoms with van der Waals surface area (Å²) in [4.78, 5) is 13.3. The van der Waals surface area contributed by atoms with E-state index >= 15 is 0 Å². The zero-order valence-corrected chi connectivity index (χ0v) is 16.9. The van der Waals surface area contributed by atoms with Crippen molar-refractivity contribution in [1.29, 1.82) is 0 Å². The van der Waals surface area contributed by atoms with Crippen molar-refractivity contribution >= 4 is 11.0 Å². The Kier molecular flexibility index (Phi) is 4.68. The van der Waals surface area contributed by atoms with Crippen LogP contribution in [0.1, 0.15) is 38.5 Å². The second-order valence-corrected chi connectivity index (χ2v) is 8.65. The Morgan fingerprint density at radius 3 is 2.32 bits per heavy atom. The van der Waals surface area contributed by atoms with Crippen LogP contribution in [0.3, 0.4) is 0 Å². The molecule has 0 atom stereocenters. The summed E-state index contributed by atoms with van der Waals surface area (Å²) in [7, 11) is 0. The van der Waals surface area contributed by atoms with E-state index in [-0.39, 0.29) is 45.8 Å². The lowest BCUT2D eigenvalue weighted by Crippen LogP contribution is -2.38. The molecule has 2 aromatic carbocycles. The molecule has 4 N–H and O–H groups in total. The summed E-state index contributed by atoms with van der Waals surface area (Å²) in [6.07, 6.45) is 6.67. The van der Waals surface area contributed by atoms with Crippen LogP contribution >= 0.6 is 0 Å². The van der Waals surface area contributed by atoms with Crippen molar-refractivity contribution in [2.24, 2.45) is 11.8 Å². The van der Waals surface area contributed by atoms with Gasteiger partial charge in [0.15, 0.2) is 17.3 Å². The van der Waals surface area contributed by atoms with Gasteiger partial charge in [-0.15, -0.1) is 0 Å². The fraction of sp³-hybridized carbons (Fsp3) is 0.375. The maximum atomic E-state index is 13.3. The van der Waals surface area contributed by atoms with Crippen LogP contribution in [-0.2, 0) is 0 Å². The van der Waals surface area contributed by atoms with Crippen molar-refractivity contribution in [2.45, 2.75) is 44.6 Å². The minimum Gasteiger partial charge on any atom is -0.508 e. The largest absolute Gasteiger partial charge is 0.508 e. The van der Waals surface area contributed by atoms with Crippen molar-refractivity contribution in [1.82, 2.24) is 0 Å². The van der Waals surface area contributed by atoms with Gasteiger partial charge in [-0.1, -0.05) is 25.7 Å². The Morgan fingerprint density at radius 1 is 0.871 bits per heavy atom. The Balaban J connectivity index is 1.57. The molecule has 2 aliphatic rings. The number of rotatable bonds is 4. The van der Waals surface area contributed by atoms with Gasteiger partial charge in [0.25, 0.3) is 0 Å². The summed E-state index contributed by atoms with van der Waals surface area (Å²) in [6.45, 7) is 0. The second-order valence-electron chi connectivity index (χ2n) is 8.65. The smallest absolute Gasteiger partial charge is 0.239 e. The van der Waals surface area contributed by atoms with E-state index in [1.54, 1.807) is 0 Å². The first-order valence-corrected chi connectivity index (χ1v) is 10.6. The van der Waals surface area contributed by atoms with Crippen molar-refractivity contribution < 1.29 is 29.6 Å². The van der Waals surface area contributed by atoms with Crippen molar-refractivity contribution in [2.75, 3.05) is 0 Å². The number of hydrogen-bond acceptors (Lipinski definition) is 7. The molecule has 0 radical (unpaired) electrons. The Bertz CT molecular complexity index is 1200. The lowest BCUT2D eigenvalue weighted by Gasteiger charge is -2.39. The van der Waals surface area contributed by atoms with Crippen LogP contribution in [0.15, 0.2) is 39.5 Å². The molecule has 0 saturated heterocycles. The third-order valence-electron chi connectivity index (χ3n) is 6.64. The first-order chi connectivity index (χ1) is 14.9. The molecule has 1 heterocycles. The van der Waals surface area contributed by atoms with E-state index in [0.29, 0.717) is 11.5 Å². The molecule has 0 unspecified atom stereocenters. The minimum absolute atomic E-state index is 0.00476. The van der Waals surface area contributed by atoms with Crippen LogP contribution in [0.25, 0.3) is 22.3 Å². The zero-order valence-electron chi connectivity index (χ0n) is 16.9. The van der Waals surface area contributed by atoms with Gasteiger partial charge in [-0.3, -0.25) is 4.79 Å². The average molecular weight is 424 g/mol. The van der Waals surface area contributed by atoms with E-state index in [4.69, 9.17) is 9.15 Å². The van der Waals surface area contributed by atoms with E-state index < -0.39 is 11.2 Å². The molecular formula is C24H24O7. The maximum absolute atomic E-state index is 13.3. The molecule has 5 rings (SSSR count). The van der Waals surface area contributed by atoms with E-state index in [1.807, 2.05) is 0 Å². The van der Waals surface area contributed by atoms with Crippen molar-refractivity contribution in [3.8, 4) is 40.1 Å². The predicted molar refractivity (Wildman–Crippen MR) is 114 cm³/mol. The van der Waals surface area contributed by atoms with E-state index in [9.17, 15) is 25.2 Å². The normalized spacial score (nSPS) is 21.3. The second kappa shape index (κ2) is 7.41. The van der Waals surface area contributed by atoms with Gasteiger partial charge in [0.1, 0.15) is 22.5 Å². The molecule has 0 bridgehead atoms. The van der Waals surface area contributed by atoms with Gasteiger partial charge in [-0.2, -0.15) is 0 Å². The number of ether oxygens (including phenoxy) is 1. The summed E-state index contributed by atoms with van der Waals surface area (Å²) in [5.74, 6) is 0.0410. The van der Waals surface area contributed by atoms with Gasteiger partial charge in [-0.25, -0.2) is 0 Å². The quantitative estimate of drug-likeness (QED) is 0.451. The molecule has 0 aliphatic heterocycles. The van der Waals surface area contributed by atoms with Gasteiger partial charge in [0.05, 0.1) is 6.10 Å². The van der Waals surface area contributed by atoms with Crippen LogP contribution in [0.4, 0.5) is 0 Å². The highest BCUT2D eigenvalue weighted by atomic mass is 16.5. The van der Waals surface area contributed by atoms with Gasteiger partial charge in [-0.05, 0) is 42.9 Å². The molecule has 0 amide bonds. The highest BCUT2D eigenvalue weighted by Gasteiger charge is 2.38. The molecule has 7 heteroatoms. The molecule has 7 nitrogen and oxygen atoms in total. The summed E-state index contributed by atoms with van der Waals surface area (Å²) in [5, 5.41) is 39.5. The number of benzene rings is 2. The highest BCUT2D eigenvalue weighted by molar-refractivity contribution is 5.88. The predicted octanol–water partition coefficient (Wildman–Crippen LogP) is 4.63. The van der Waals surface area contributed by atoms with Gasteiger partial charge >= 0.3 is 0 Å². The Labute approximate surface area is 178 Å². The molecule has 1 aromatic heterocycles. The van der Waals surface area contributed by atoms with Crippen molar-refractivity contribution in [3.63, 3.8) is 0 Å². The van der Waals surface area contributed by atoms with E-state index in [1.165, 1.54) is 49.9 Å². The summed E-state index contributed by atoms with van der Waals surface area (Å²) >= 11 is 0. The number of hydrogen-bond donors (Lipinski definition) is 4. The van der Waals surface area contributed by atoms with Crippen LogP contribution in [0.5, 0.6) is 28.7 Å². The van der Waals surface area contributed by atoms with Crippen LogP contribution in [-0.4, -0.2) is 26.5 Å². The molecular weight excluding hydrogens is 400 g/mol. The third kappa shape index (κ3) is 3.44. The first-order valence-electron chi connectivity index (χ1n) is 10.6. The fourth-order valence-electron chi connectivity index (χ4n) is 4.91. The summed E-state index contributed by atoms with van der Waals surface area (Å²) < 4.78 is 12.0. The highest BCUT2D eigenvalue weighted by Crippen LogP contribution is 2.45. The molecule has 31 heavy (non-hydrogen) atoms. The zero-order chi connectivity index (χ0) is 21.7. The molecule has 162 valence electrons. The molecule has 2 aliphatic carbocycles. The standard InChI is InChI=1S/C24H24O7/c25-15-10-19(28)21-20(11-15)31-23(13-5-6-17(26)18(27)9-13)24(22(21)29)30-16-7-14(8-16)12-3-1-2-4-12/h5-6,9-12,14,16,25-28H,1-4,7-8H2. The van der Waals surface area contributed by atoms with Crippen LogP contribution in [0.2, 0.25) is 0 Å². The molecule has 0 spiro atoms. The van der Waals surface area contributed by atoms with Crippen LogP contribution in [0, 0.1) is 11.8 Å².